The van der Waals surface area contributed by atoms with Crippen LogP contribution in [0.4, 0.5) is 0 Å². The molecule has 78 valence electrons. The third-order valence-corrected chi connectivity index (χ3v) is 3.06. The second kappa shape index (κ2) is 8.44. The highest BCUT2D eigenvalue weighted by molar-refractivity contribution is 7.84. The van der Waals surface area contributed by atoms with E-state index in [1.165, 1.54) is 0 Å². The van der Waals surface area contributed by atoms with Gasteiger partial charge in [-0.15, -0.1) is 0 Å². The largest absolute Gasteiger partial charge is 0.363 e. The lowest BCUT2D eigenvalue weighted by Crippen LogP contribution is -2.37. The summed E-state index contributed by atoms with van der Waals surface area (Å²) in [7, 11) is -0.699. The molecule has 0 saturated carbocycles. The predicted molar refractivity (Wildman–Crippen MR) is 62.4 cm³/mol. The normalized spacial score (nSPS) is 12.2. The Balaban J connectivity index is 3.31. The maximum Gasteiger partial charge on any atom is 0.166 e. The van der Waals surface area contributed by atoms with Crippen molar-refractivity contribution in [2.45, 2.75) is 20.3 Å². The molecule has 0 spiro atoms. The summed E-state index contributed by atoms with van der Waals surface area (Å²) in [5, 5.41) is 6.72. The van der Waals surface area contributed by atoms with Crippen LogP contribution in [-0.2, 0) is 10.8 Å². The van der Waals surface area contributed by atoms with Crippen LogP contribution >= 0.6 is 12.2 Å². The van der Waals surface area contributed by atoms with Gasteiger partial charge in [0.25, 0.3) is 0 Å². The van der Waals surface area contributed by atoms with Crippen LogP contribution in [0.15, 0.2) is 0 Å². The van der Waals surface area contributed by atoms with Gasteiger partial charge >= 0.3 is 0 Å². The van der Waals surface area contributed by atoms with Crippen molar-refractivity contribution in [1.29, 1.82) is 0 Å². The highest BCUT2D eigenvalue weighted by Gasteiger charge is 1.96. The highest BCUT2D eigenvalue weighted by Crippen LogP contribution is 1.79. The van der Waals surface area contributed by atoms with Crippen molar-refractivity contribution in [3.05, 3.63) is 0 Å². The van der Waals surface area contributed by atoms with Gasteiger partial charge in [0.2, 0.25) is 0 Å². The van der Waals surface area contributed by atoms with Gasteiger partial charge in [-0.1, -0.05) is 13.8 Å². The van der Waals surface area contributed by atoms with E-state index in [1.807, 2.05) is 6.92 Å². The Bertz CT molecular complexity index is 174. The van der Waals surface area contributed by atoms with Crippen molar-refractivity contribution in [1.82, 2.24) is 10.6 Å². The summed E-state index contributed by atoms with van der Waals surface area (Å²) in [5.41, 5.74) is 0. The Morgan fingerprint density at radius 2 is 1.92 bits per heavy atom. The molecule has 2 N–H and O–H groups in total. The van der Waals surface area contributed by atoms with E-state index >= 15 is 0 Å². The van der Waals surface area contributed by atoms with E-state index < -0.39 is 10.8 Å². The van der Waals surface area contributed by atoms with Crippen molar-refractivity contribution < 1.29 is 4.21 Å². The van der Waals surface area contributed by atoms with Crippen molar-refractivity contribution in [3.63, 3.8) is 0 Å². The molecule has 0 heterocycles. The van der Waals surface area contributed by atoms with Gasteiger partial charge in [0.1, 0.15) is 0 Å². The van der Waals surface area contributed by atoms with E-state index in [2.05, 4.69) is 17.6 Å². The van der Waals surface area contributed by atoms with Crippen LogP contribution in [0.2, 0.25) is 0 Å². The van der Waals surface area contributed by atoms with Gasteiger partial charge in [0.15, 0.2) is 5.11 Å². The Labute approximate surface area is 88.1 Å². The lowest BCUT2D eigenvalue weighted by atomic mass is 10.5. The van der Waals surface area contributed by atoms with Crippen LogP contribution < -0.4 is 10.6 Å². The Hall–Kier alpha value is -0.160. The minimum absolute atomic E-state index is 0.662. The zero-order valence-electron chi connectivity index (χ0n) is 8.26. The molecule has 0 aromatic heterocycles. The van der Waals surface area contributed by atoms with Crippen molar-refractivity contribution in [3.8, 4) is 0 Å². The van der Waals surface area contributed by atoms with E-state index in [9.17, 15) is 4.21 Å². The van der Waals surface area contributed by atoms with E-state index in [4.69, 9.17) is 12.2 Å². The molecule has 0 aliphatic heterocycles. The molecule has 5 heteroatoms. The third kappa shape index (κ3) is 8.18. The zero-order valence-corrected chi connectivity index (χ0v) is 9.89. The quantitative estimate of drug-likeness (QED) is 0.647. The lowest BCUT2D eigenvalue weighted by Gasteiger charge is -2.08. The van der Waals surface area contributed by atoms with Gasteiger partial charge < -0.3 is 10.6 Å². The van der Waals surface area contributed by atoms with Crippen LogP contribution in [0.5, 0.6) is 0 Å². The molecule has 0 fully saturated rings. The summed E-state index contributed by atoms with van der Waals surface area (Å²) in [6.07, 6.45) is 1.06. The van der Waals surface area contributed by atoms with Crippen molar-refractivity contribution >= 4 is 28.1 Å². The SMILES string of the molecule is CCCNC(=S)NCCS(=O)CC. The van der Waals surface area contributed by atoms with E-state index in [0.717, 1.165) is 18.7 Å². The van der Waals surface area contributed by atoms with Gasteiger partial charge in [-0.2, -0.15) is 0 Å². The van der Waals surface area contributed by atoms with Crippen molar-refractivity contribution in [2.75, 3.05) is 24.6 Å². The minimum Gasteiger partial charge on any atom is -0.363 e. The van der Waals surface area contributed by atoms with Crippen LogP contribution in [0.1, 0.15) is 20.3 Å². The summed E-state index contributed by atoms with van der Waals surface area (Å²) in [6, 6.07) is 0. The van der Waals surface area contributed by atoms with E-state index in [0.29, 0.717) is 17.4 Å². The molecule has 0 amide bonds. The summed E-state index contributed by atoms with van der Waals surface area (Å²) < 4.78 is 11.0. The number of rotatable bonds is 6. The second-order valence-corrected chi connectivity index (χ2v) is 4.89. The maximum atomic E-state index is 11.0. The number of hydrogen-bond donors (Lipinski definition) is 2. The summed E-state index contributed by atoms with van der Waals surface area (Å²) >= 11 is 4.99. The van der Waals surface area contributed by atoms with Gasteiger partial charge in [-0.25, -0.2) is 0 Å². The molecule has 0 rings (SSSR count). The maximum absolute atomic E-state index is 11.0. The molecular formula is C8H18N2OS2. The summed E-state index contributed by atoms with van der Waals surface area (Å²) in [4.78, 5) is 0. The average molecular weight is 222 g/mol. The van der Waals surface area contributed by atoms with Crippen LogP contribution in [-0.4, -0.2) is 33.9 Å². The first-order chi connectivity index (χ1) is 6.20. The summed E-state index contributed by atoms with van der Waals surface area (Å²) in [6.45, 7) is 5.59. The van der Waals surface area contributed by atoms with Gasteiger partial charge in [-0.3, -0.25) is 4.21 Å². The van der Waals surface area contributed by atoms with E-state index in [1.54, 1.807) is 0 Å². The molecule has 0 aromatic carbocycles. The number of thiocarbonyl (C=S) groups is 1. The molecule has 1 unspecified atom stereocenters. The molecule has 0 aliphatic carbocycles. The first-order valence-electron chi connectivity index (χ1n) is 4.57. The topological polar surface area (TPSA) is 41.1 Å². The standard InChI is InChI=1S/C8H18N2OS2/c1-3-5-9-8(12)10-6-7-13(11)4-2/h3-7H2,1-2H3,(H2,9,10,12). The Kier molecular flexibility index (Phi) is 8.33. The van der Waals surface area contributed by atoms with Gasteiger partial charge in [0.05, 0.1) is 0 Å². The predicted octanol–water partition coefficient (Wildman–Crippen LogP) is 0.629. The molecule has 0 bridgehead atoms. The molecule has 3 nitrogen and oxygen atoms in total. The molecule has 1 atom stereocenters. The molecular weight excluding hydrogens is 204 g/mol. The minimum atomic E-state index is -0.699. The third-order valence-electron chi connectivity index (χ3n) is 1.47. The fourth-order valence-electron chi connectivity index (χ4n) is 0.724. The van der Waals surface area contributed by atoms with Crippen LogP contribution in [0.25, 0.3) is 0 Å². The molecule has 0 radical (unpaired) electrons. The Morgan fingerprint density at radius 1 is 1.31 bits per heavy atom. The van der Waals surface area contributed by atoms with Gasteiger partial charge in [0, 0.05) is 35.4 Å². The van der Waals surface area contributed by atoms with Gasteiger partial charge in [-0.05, 0) is 18.6 Å². The number of hydrogen-bond acceptors (Lipinski definition) is 2. The zero-order chi connectivity index (χ0) is 10.1. The fraction of sp³-hybridized carbons (Fsp3) is 0.875. The molecule has 0 aromatic rings. The van der Waals surface area contributed by atoms with Crippen LogP contribution in [0.3, 0.4) is 0 Å². The first-order valence-corrected chi connectivity index (χ1v) is 6.47. The Morgan fingerprint density at radius 3 is 2.46 bits per heavy atom. The highest BCUT2D eigenvalue weighted by atomic mass is 32.2. The average Bonchev–Trinajstić information content (AvgIpc) is 2.14. The molecule has 0 saturated heterocycles. The fourth-order valence-corrected chi connectivity index (χ4v) is 1.55. The van der Waals surface area contributed by atoms with E-state index in [-0.39, 0.29) is 0 Å². The smallest absolute Gasteiger partial charge is 0.166 e. The molecule has 13 heavy (non-hydrogen) atoms. The summed E-state index contributed by atoms with van der Waals surface area (Å²) in [5.74, 6) is 1.39. The first kappa shape index (κ1) is 12.8. The second-order valence-electron chi connectivity index (χ2n) is 2.62. The monoisotopic (exact) mass is 222 g/mol. The lowest BCUT2D eigenvalue weighted by molar-refractivity contribution is 0.682. The van der Waals surface area contributed by atoms with Crippen molar-refractivity contribution in [2.24, 2.45) is 0 Å². The number of nitrogens with one attached hydrogen (secondary N) is 2. The molecule has 0 aliphatic rings. The van der Waals surface area contributed by atoms with Crippen LogP contribution in [0, 0.1) is 0 Å².